The van der Waals surface area contributed by atoms with Crippen molar-refractivity contribution in [2.24, 2.45) is 0 Å². The van der Waals surface area contributed by atoms with Gasteiger partial charge in [-0.25, -0.2) is 0 Å². The van der Waals surface area contributed by atoms with Crippen molar-refractivity contribution in [3.8, 4) is 0 Å². The summed E-state index contributed by atoms with van der Waals surface area (Å²) in [5, 5.41) is 30.9. The molecule has 2 unspecified atom stereocenters. The fourth-order valence-electron chi connectivity index (χ4n) is 8.09. The van der Waals surface area contributed by atoms with Crippen LogP contribution in [0.4, 0.5) is 0 Å². The molecule has 1 heterocycles. The first-order valence-corrected chi connectivity index (χ1v) is 27.4. The van der Waals surface area contributed by atoms with Crippen LogP contribution in [-0.2, 0) is 38.7 Å². The van der Waals surface area contributed by atoms with E-state index in [0.29, 0.717) is 12.8 Å². The number of rotatable bonds is 44. The minimum atomic E-state index is -4.60. The highest BCUT2D eigenvalue weighted by Gasteiger charge is 2.46. The molecular weight excluding hydrogens is 825 g/mol. The van der Waals surface area contributed by atoms with E-state index < -0.39 is 71.2 Å². The van der Waals surface area contributed by atoms with Crippen molar-refractivity contribution in [2.75, 3.05) is 19.0 Å². The van der Waals surface area contributed by atoms with Gasteiger partial charge in [-0.05, 0) is 38.5 Å². The molecule has 0 aromatic heterocycles. The van der Waals surface area contributed by atoms with Gasteiger partial charge in [0, 0.05) is 12.8 Å². The van der Waals surface area contributed by atoms with Crippen molar-refractivity contribution in [2.45, 2.75) is 275 Å². The van der Waals surface area contributed by atoms with Crippen LogP contribution >= 0.6 is 0 Å². The highest BCUT2D eigenvalue weighted by molar-refractivity contribution is 7.85. The number of aliphatic hydroxyl groups is 3. The van der Waals surface area contributed by atoms with E-state index in [1.54, 1.807) is 0 Å². The van der Waals surface area contributed by atoms with Crippen LogP contribution in [0.2, 0.25) is 0 Å². The highest BCUT2D eigenvalue weighted by atomic mass is 32.2. The third-order valence-corrected chi connectivity index (χ3v) is 12.8. The predicted octanol–water partition coefficient (Wildman–Crippen LogP) is 11.4. The van der Waals surface area contributed by atoms with Crippen molar-refractivity contribution < 1.29 is 56.8 Å². The van der Waals surface area contributed by atoms with Crippen LogP contribution in [0.25, 0.3) is 0 Å². The molecule has 0 aromatic rings. The molecule has 0 amide bonds. The van der Waals surface area contributed by atoms with Gasteiger partial charge in [0.25, 0.3) is 10.1 Å². The van der Waals surface area contributed by atoms with Gasteiger partial charge in [-0.3, -0.25) is 14.1 Å². The number of carbonyl (C=O) groups is 2. The van der Waals surface area contributed by atoms with Gasteiger partial charge in [0.05, 0.1) is 6.61 Å². The van der Waals surface area contributed by atoms with Gasteiger partial charge in [-0.15, -0.1) is 0 Å². The van der Waals surface area contributed by atoms with Crippen LogP contribution in [0.15, 0.2) is 12.2 Å². The largest absolute Gasteiger partial charge is 0.462 e. The second-order valence-corrected chi connectivity index (χ2v) is 19.7. The van der Waals surface area contributed by atoms with Crippen molar-refractivity contribution in [3.63, 3.8) is 0 Å². The summed E-state index contributed by atoms with van der Waals surface area (Å²) in [7, 11) is -4.60. The minimum Gasteiger partial charge on any atom is -0.462 e. The molecule has 1 fully saturated rings. The summed E-state index contributed by atoms with van der Waals surface area (Å²) in [6, 6.07) is 0. The minimum absolute atomic E-state index is 0.169. The van der Waals surface area contributed by atoms with Crippen LogP contribution in [0, 0.1) is 0 Å². The third kappa shape index (κ3) is 35.3. The molecule has 63 heavy (non-hydrogen) atoms. The van der Waals surface area contributed by atoms with Crippen LogP contribution in [0.1, 0.15) is 239 Å². The Morgan fingerprint density at radius 1 is 0.524 bits per heavy atom. The van der Waals surface area contributed by atoms with E-state index in [9.17, 15) is 37.9 Å². The standard InChI is InChI=1S/C50H94O12S/c1-3-5-7-9-11-13-15-17-18-19-20-21-22-23-24-25-26-27-29-31-33-35-37-39-46(52)61-43(41-60-50-49(55)48(54)47(53)44(62-50)42-63(56,57)58)40-59-45(51)38-36-34-32-30-28-16-14-12-10-8-6-4-2/h12,14,43-44,47-50,53-55H,3-11,13,15-42H2,1-2H3,(H,56,57,58)/b14-12+/t43-,44-,47-,48?,49?,50+/m1/s1. The van der Waals surface area contributed by atoms with Gasteiger partial charge >= 0.3 is 11.9 Å². The Labute approximate surface area is 384 Å². The summed E-state index contributed by atoms with van der Waals surface area (Å²) < 4.78 is 54.2. The van der Waals surface area contributed by atoms with E-state index in [1.165, 1.54) is 141 Å². The zero-order chi connectivity index (χ0) is 46.2. The molecule has 13 heteroatoms. The van der Waals surface area contributed by atoms with Crippen LogP contribution in [-0.4, -0.2) is 96.0 Å². The van der Waals surface area contributed by atoms with Crippen LogP contribution < -0.4 is 0 Å². The molecule has 1 aliphatic heterocycles. The second-order valence-electron chi connectivity index (χ2n) is 18.2. The summed E-state index contributed by atoms with van der Waals surface area (Å²) in [6.45, 7) is 3.76. The quantitative estimate of drug-likeness (QED) is 0.0196. The lowest BCUT2D eigenvalue weighted by atomic mass is 10.00. The molecule has 6 atom stereocenters. The van der Waals surface area contributed by atoms with Gasteiger partial charge in [0.1, 0.15) is 36.8 Å². The molecule has 0 bridgehead atoms. The number of carbonyl (C=O) groups excluding carboxylic acids is 2. The first kappa shape index (κ1) is 59.4. The van der Waals surface area contributed by atoms with Gasteiger partial charge in [-0.1, -0.05) is 199 Å². The molecule has 0 spiro atoms. The third-order valence-electron chi connectivity index (χ3n) is 12.1. The zero-order valence-electron chi connectivity index (χ0n) is 40.0. The van der Waals surface area contributed by atoms with Crippen molar-refractivity contribution in [3.05, 3.63) is 12.2 Å². The Morgan fingerprint density at radius 3 is 1.35 bits per heavy atom. The fraction of sp³-hybridized carbons (Fsp3) is 0.920. The molecule has 0 aliphatic carbocycles. The van der Waals surface area contributed by atoms with E-state index in [-0.39, 0.29) is 19.4 Å². The summed E-state index contributed by atoms with van der Waals surface area (Å²) in [5.41, 5.74) is 0. The van der Waals surface area contributed by atoms with E-state index in [2.05, 4.69) is 26.0 Å². The molecule has 0 saturated carbocycles. The molecule has 1 rings (SSSR count). The van der Waals surface area contributed by atoms with Crippen LogP contribution in [0.5, 0.6) is 0 Å². The van der Waals surface area contributed by atoms with Crippen molar-refractivity contribution in [1.82, 2.24) is 0 Å². The van der Waals surface area contributed by atoms with Gasteiger partial charge < -0.3 is 34.3 Å². The molecule has 1 aliphatic rings. The zero-order valence-corrected chi connectivity index (χ0v) is 40.8. The summed E-state index contributed by atoms with van der Waals surface area (Å²) in [5.74, 6) is -1.98. The Morgan fingerprint density at radius 2 is 0.905 bits per heavy atom. The topological polar surface area (TPSA) is 186 Å². The second kappa shape index (κ2) is 40.6. The molecule has 372 valence electrons. The number of aliphatic hydroxyl groups excluding tert-OH is 3. The molecule has 0 aromatic carbocycles. The maximum Gasteiger partial charge on any atom is 0.306 e. The first-order chi connectivity index (χ1) is 30.5. The Hall–Kier alpha value is -1.61. The maximum atomic E-state index is 12.9. The molecule has 0 radical (unpaired) electrons. The number of hydrogen-bond acceptors (Lipinski definition) is 11. The Balaban J connectivity index is 2.32. The number of ether oxygens (including phenoxy) is 4. The lowest BCUT2D eigenvalue weighted by Gasteiger charge is -2.40. The predicted molar refractivity (Wildman–Crippen MR) is 252 cm³/mol. The number of hydrogen-bond donors (Lipinski definition) is 4. The number of unbranched alkanes of at least 4 members (excludes halogenated alkanes) is 30. The SMILES string of the molecule is CCCCC/C=C/CCCCCCCC(=O)OC[C@H](CO[C@H]1O[C@H](CS(=O)(=O)O)[C@@H](O)C(O)C1O)OC(=O)CCCCCCCCCCCCCCCCCCCCCCCCC. The normalized spacial score (nSPS) is 19.7. The number of esters is 2. The lowest BCUT2D eigenvalue weighted by molar-refractivity contribution is -0.297. The van der Waals surface area contributed by atoms with E-state index >= 15 is 0 Å². The van der Waals surface area contributed by atoms with Gasteiger partial charge in [0.2, 0.25) is 0 Å². The summed E-state index contributed by atoms with van der Waals surface area (Å²) >= 11 is 0. The Bertz CT molecular complexity index is 1210. The van der Waals surface area contributed by atoms with Gasteiger partial charge in [-0.2, -0.15) is 8.42 Å². The number of allylic oxidation sites excluding steroid dienone is 2. The lowest BCUT2D eigenvalue weighted by Crippen LogP contribution is -2.60. The average molecular weight is 919 g/mol. The monoisotopic (exact) mass is 919 g/mol. The summed E-state index contributed by atoms with van der Waals surface area (Å²) in [6.07, 6.45) is 35.5. The molecule has 4 N–H and O–H groups in total. The smallest absolute Gasteiger partial charge is 0.306 e. The maximum absolute atomic E-state index is 12.9. The van der Waals surface area contributed by atoms with Crippen LogP contribution in [0.3, 0.4) is 0 Å². The average Bonchev–Trinajstić information content (AvgIpc) is 3.25. The van der Waals surface area contributed by atoms with Crippen molar-refractivity contribution >= 4 is 22.1 Å². The molecule has 1 saturated heterocycles. The van der Waals surface area contributed by atoms with Crippen molar-refractivity contribution in [1.29, 1.82) is 0 Å². The Kier molecular flexibility index (Phi) is 38.3. The van der Waals surface area contributed by atoms with E-state index in [1.807, 2.05) is 0 Å². The summed E-state index contributed by atoms with van der Waals surface area (Å²) in [4.78, 5) is 25.5. The first-order valence-electron chi connectivity index (χ1n) is 25.7. The molecule has 12 nitrogen and oxygen atoms in total. The van der Waals surface area contributed by atoms with E-state index in [0.717, 1.165) is 57.8 Å². The van der Waals surface area contributed by atoms with E-state index in [4.69, 9.17) is 18.9 Å². The fourth-order valence-corrected chi connectivity index (χ4v) is 8.78. The van der Waals surface area contributed by atoms with Gasteiger partial charge in [0.15, 0.2) is 12.4 Å². The highest BCUT2D eigenvalue weighted by Crippen LogP contribution is 2.24. The molecular formula is C50H94O12S.